The van der Waals surface area contributed by atoms with Crippen molar-refractivity contribution in [3.63, 3.8) is 0 Å². The van der Waals surface area contributed by atoms with Crippen molar-refractivity contribution in [1.82, 2.24) is 4.90 Å². The van der Waals surface area contributed by atoms with Crippen LogP contribution in [0.5, 0.6) is 0 Å². The van der Waals surface area contributed by atoms with Crippen molar-refractivity contribution in [2.24, 2.45) is 11.7 Å². The summed E-state index contributed by atoms with van der Waals surface area (Å²) in [4.78, 5) is 13.1. The fraction of sp³-hybridized carbons (Fsp3) is 0.700. The topological polar surface area (TPSA) is 55.6 Å². The van der Waals surface area contributed by atoms with Gasteiger partial charge in [0, 0.05) is 13.1 Å². The summed E-state index contributed by atoms with van der Waals surface area (Å²) in [6.45, 7) is 6.02. The molecule has 1 rings (SSSR count). The number of rotatable bonds is 3. The van der Waals surface area contributed by atoms with E-state index >= 15 is 0 Å². The zero-order chi connectivity index (χ0) is 10.4. The van der Waals surface area contributed by atoms with Gasteiger partial charge in [-0.3, -0.25) is 0 Å². The average molecular weight is 198 g/mol. The normalized spacial score (nSPS) is 17.9. The summed E-state index contributed by atoms with van der Waals surface area (Å²) in [5.41, 5.74) is 5.56. The molecule has 1 aliphatic heterocycles. The number of carbonyl (C=O) groups excluding carboxylic acids is 1. The van der Waals surface area contributed by atoms with Crippen molar-refractivity contribution in [2.45, 2.75) is 12.8 Å². The number of hydrogen-bond acceptors (Lipinski definition) is 3. The minimum Gasteiger partial charge on any atom is -0.445 e. The molecule has 0 aromatic rings. The van der Waals surface area contributed by atoms with Crippen molar-refractivity contribution in [2.75, 3.05) is 26.2 Å². The van der Waals surface area contributed by atoms with E-state index in [-0.39, 0.29) is 12.7 Å². The molecule has 0 bridgehead atoms. The number of nitrogens with zero attached hydrogens (tertiary/aromatic N) is 1. The predicted octanol–water partition coefficient (Wildman–Crippen LogP) is 0.980. The molecule has 4 nitrogen and oxygen atoms in total. The minimum absolute atomic E-state index is 0.236. The Morgan fingerprint density at radius 1 is 1.57 bits per heavy atom. The Bertz CT molecular complexity index is 198. The molecule has 0 aromatic carbocycles. The van der Waals surface area contributed by atoms with E-state index in [4.69, 9.17) is 10.5 Å². The van der Waals surface area contributed by atoms with Crippen LogP contribution in [0.3, 0.4) is 0 Å². The van der Waals surface area contributed by atoms with E-state index in [0.29, 0.717) is 5.92 Å². The molecule has 1 saturated heterocycles. The zero-order valence-corrected chi connectivity index (χ0v) is 8.45. The highest BCUT2D eigenvalue weighted by Crippen LogP contribution is 2.16. The third-order valence-corrected chi connectivity index (χ3v) is 2.53. The molecule has 1 heterocycles. The second kappa shape index (κ2) is 5.65. The van der Waals surface area contributed by atoms with Crippen LogP contribution in [0, 0.1) is 5.92 Å². The molecular weight excluding hydrogens is 180 g/mol. The van der Waals surface area contributed by atoms with Gasteiger partial charge in [0.25, 0.3) is 0 Å². The van der Waals surface area contributed by atoms with Crippen molar-refractivity contribution >= 4 is 6.09 Å². The fourth-order valence-electron chi connectivity index (χ4n) is 1.57. The molecule has 14 heavy (non-hydrogen) atoms. The summed E-state index contributed by atoms with van der Waals surface area (Å²) in [6, 6.07) is 0. The monoisotopic (exact) mass is 198 g/mol. The van der Waals surface area contributed by atoms with E-state index in [9.17, 15) is 4.79 Å². The second-order valence-electron chi connectivity index (χ2n) is 3.53. The molecule has 2 N–H and O–H groups in total. The molecule has 0 unspecified atom stereocenters. The third kappa shape index (κ3) is 3.03. The van der Waals surface area contributed by atoms with Crippen molar-refractivity contribution in [3.05, 3.63) is 12.7 Å². The largest absolute Gasteiger partial charge is 0.445 e. The average Bonchev–Trinajstić information content (AvgIpc) is 2.26. The summed E-state index contributed by atoms with van der Waals surface area (Å²) in [6.07, 6.45) is 3.31. The van der Waals surface area contributed by atoms with Crippen molar-refractivity contribution in [3.8, 4) is 0 Å². The molecule has 0 spiro atoms. The van der Waals surface area contributed by atoms with E-state index in [1.807, 2.05) is 0 Å². The number of carbonyl (C=O) groups is 1. The van der Waals surface area contributed by atoms with Crippen molar-refractivity contribution in [1.29, 1.82) is 0 Å². The number of ether oxygens (including phenoxy) is 1. The Hall–Kier alpha value is -1.03. The quantitative estimate of drug-likeness (QED) is 0.688. The van der Waals surface area contributed by atoms with Gasteiger partial charge in [0.1, 0.15) is 6.61 Å². The summed E-state index contributed by atoms with van der Waals surface area (Å²) >= 11 is 0. The summed E-state index contributed by atoms with van der Waals surface area (Å²) in [5, 5.41) is 0. The first-order valence-electron chi connectivity index (χ1n) is 5.00. The van der Waals surface area contributed by atoms with Crippen LogP contribution in [0.15, 0.2) is 12.7 Å². The third-order valence-electron chi connectivity index (χ3n) is 2.53. The standard InChI is InChI=1S/C10H18N2O2/c1-2-7-14-10(13)12-5-3-9(8-11)4-6-12/h2,9H,1,3-8,11H2. The lowest BCUT2D eigenvalue weighted by Crippen LogP contribution is -2.40. The van der Waals surface area contributed by atoms with Crippen LogP contribution in [0.1, 0.15) is 12.8 Å². The molecule has 0 aromatic heterocycles. The lowest BCUT2D eigenvalue weighted by atomic mass is 9.97. The smallest absolute Gasteiger partial charge is 0.410 e. The van der Waals surface area contributed by atoms with Crippen LogP contribution >= 0.6 is 0 Å². The van der Waals surface area contributed by atoms with E-state index in [2.05, 4.69) is 6.58 Å². The Balaban J connectivity index is 2.26. The van der Waals surface area contributed by atoms with Crippen molar-refractivity contribution < 1.29 is 9.53 Å². The van der Waals surface area contributed by atoms with Crippen LogP contribution in [-0.2, 0) is 4.74 Å². The van der Waals surface area contributed by atoms with Crippen LogP contribution in [0.2, 0.25) is 0 Å². The number of hydrogen-bond donors (Lipinski definition) is 1. The number of likely N-dealkylation sites (tertiary alicyclic amines) is 1. The molecule has 1 aliphatic rings. The van der Waals surface area contributed by atoms with Gasteiger partial charge in [-0.25, -0.2) is 4.79 Å². The van der Waals surface area contributed by atoms with E-state index in [1.54, 1.807) is 11.0 Å². The second-order valence-corrected chi connectivity index (χ2v) is 3.53. The first-order valence-corrected chi connectivity index (χ1v) is 5.00. The fourth-order valence-corrected chi connectivity index (χ4v) is 1.57. The number of piperidine rings is 1. The molecular formula is C10H18N2O2. The number of amides is 1. The molecule has 4 heteroatoms. The minimum atomic E-state index is -0.236. The lowest BCUT2D eigenvalue weighted by Gasteiger charge is -2.30. The van der Waals surface area contributed by atoms with E-state index in [1.165, 1.54) is 0 Å². The molecule has 80 valence electrons. The highest BCUT2D eigenvalue weighted by Gasteiger charge is 2.22. The van der Waals surface area contributed by atoms with Crippen LogP contribution < -0.4 is 5.73 Å². The summed E-state index contributed by atoms with van der Waals surface area (Å²) in [5.74, 6) is 0.568. The Morgan fingerprint density at radius 2 is 2.21 bits per heavy atom. The number of nitrogens with two attached hydrogens (primary N) is 1. The molecule has 0 atom stereocenters. The van der Waals surface area contributed by atoms with Gasteiger partial charge in [-0.15, -0.1) is 0 Å². The Morgan fingerprint density at radius 3 is 2.71 bits per heavy atom. The van der Waals surface area contributed by atoms with Gasteiger partial charge >= 0.3 is 6.09 Å². The Kier molecular flexibility index (Phi) is 4.46. The predicted molar refractivity (Wildman–Crippen MR) is 54.9 cm³/mol. The van der Waals surface area contributed by atoms with Gasteiger partial charge in [-0.2, -0.15) is 0 Å². The SMILES string of the molecule is C=CCOC(=O)N1CCC(CN)CC1. The zero-order valence-electron chi connectivity index (χ0n) is 8.45. The van der Waals surface area contributed by atoms with Crippen LogP contribution in [0.25, 0.3) is 0 Å². The van der Waals surface area contributed by atoms with Crippen LogP contribution in [-0.4, -0.2) is 37.2 Å². The van der Waals surface area contributed by atoms with Gasteiger partial charge < -0.3 is 15.4 Å². The Labute approximate surface area is 84.7 Å². The summed E-state index contributed by atoms with van der Waals surface area (Å²) in [7, 11) is 0. The van der Waals surface area contributed by atoms with Gasteiger partial charge in [0.15, 0.2) is 0 Å². The molecule has 1 fully saturated rings. The van der Waals surface area contributed by atoms with Gasteiger partial charge in [-0.1, -0.05) is 12.7 Å². The van der Waals surface area contributed by atoms with Gasteiger partial charge in [0.05, 0.1) is 0 Å². The maximum absolute atomic E-state index is 11.4. The van der Waals surface area contributed by atoms with Gasteiger partial charge in [0.2, 0.25) is 0 Å². The first-order chi connectivity index (χ1) is 6.77. The van der Waals surface area contributed by atoms with E-state index in [0.717, 1.165) is 32.5 Å². The van der Waals surface area contributed by atoms with E-state index < -0.39 is 0 Å². The summed E-state index contributed by atoms with van der Waals surface area (Å²) < 4.78 is 4.94. The van der Waals surface area contributed by atoms with Gasteiger partial charge in [-0.05, 0) is 25.3 Å². The molecule has 0 aliphatic carbocycles. The first kappa shape index (κ1) is 11.0. The molecule has 0 saturated carbocycles. The molecule has 0 radical (unpaired) electrons. The highest BCUT2D eigenvalue weighted by atomic mass is 16.6. The van der Waals surface area contributed by atoms with Crippen LogP contribution in [0.4, 0.5) is 4.79 Å². The maximum Gasteiger partial charge on any atom is 0.410 e. The lowest BCUT2D eigenvalue weighted by molar-refractivity contribution is 0.0970. The highest BCUT2D eigenvalue weighted by molar-refractivity contribution is 5.67. The molecule has 1 amide bonds. The maximum atomic E-state index is 11.4.